The first-order valence-corrected chi connectivity index (χ1v) is 19.8. The molecule has 4 bridgehead atoms. The molecule has 276 valence electrons. The number of pyridine rings is 2. The normalized spacial score (nSPS) is 25.7. The number of nitrogens with zero attached hydrogens (tertiary/aromatic N) is 6. The van der Waals surface area contributed by atoms with Crippen LogP contribution < -0.4 is 15.0 Å². The molecule has 1 amide bonds. The van der Waals surface area contributed by atoms with Gasteiger partial charge < -0.3 is 24.4 Å². The third-order valence-electron chi connectivity index (χ3n) is 12.8. The summed E-state index contributed by atoms with van der Waals surface area (Å²) in [7, 11) is 1.63. The summed E-state index contributed by atoms with van der Waals surface area (Å²) in [5, 5.41) is 15.7. The Labute approximate surface area is 323 Å². The zero-order valence-electron chi connectivity index (χ0n) is 30.2. The van der Waals surface area contributed by atoms with Crippen LogP contribution in [0.1, 0.15) is 61.1 Å². The molecular weight excluding hydrogens is 724 g/mol. The van der Waals surface area contributed by atoms with Crippen LogP contribution >= 0.6 is 23.2 Å². The topological polar surface area (TPSA) is 99.3 Å². The molecule has 2 aromatic carbocycles. The van der Waals surface area contributed by atoms with Crippen LogP contribution in [-0.2, 0) is 11.2 Å². The average molecular weight is 765 g/mol. The number of piperidine rings is 1. The van der Waals surface area contributed by atoms with E-state index in [0.29, 0.717) is 45.3 Å². The number of halogens is 3. The molecule has 5 aromatic rings. The first-order chi connectivity index (χ1) is 26.2. The number of carbonyl (C=O) groups is 1. The fourth-order valence-corrected chi connectivity index (χ4v) is 10.6. The number of nitriles is 1. The third kappa shape index (κ3) is 5.15. The van der Waals surface area contributed by atoms with E-state index < -0.39 is 5.82 Å². The second-order valence-electron chi connectivity index (χ2n) is 15.9. The molecule has 6 atom stereocenters. The van der Waals surface area contributed by atoms with Gasteiger partial charge in [-0.3, -0.25) is 4.79 Å². The monoisotopic (exact) mass is 763 g/mol. The van der Waals surface area contributed by atoms with E-state index in [1.54, 1.807) is 31.5 Å². The predicted molar refractivity (Wildman–Crippen MR) is 207 cm³/mol. The number of nitrogens with one attached hydrogen (secondary N) is 1. The van der Waals surface area contributed by atoms with E-state index in [4.69, 9.17) is 32.9 Å². The number of hydrogen-bond acceptors (Lipinski definition) is 7. The highest BCUT2D eigenvalue weighted by atomic mass is 35.5. The van der Waals surface area contributed by atoms with Gasteiger partial charge in [-0.05, 0) is 74.8 Å². The van der Waals surface area contributed by atoms with Crippen molar-refractivity contribution in [2.45, 2.75) is 69.6 Å². The van der Waals surface area contributed by atoms with Crippen LogP contribution in [0.5, 0.6) is 5.88 Å². The molecule has 2 aliphatic carbocycles. The summed E-state index contributed by atoms with van der Waals surface area (Å²) in [4.78, 5) is 28.4. The van der Waals surface area contributed by atoms with Gasteiger partial charge in [0.2, 0.25) is 11.8 Å². The molecule has 0 radical (unpaired) electrons. The smallest absolute Gasteiger partial charge is 0.226 e. The van der Waals surface area contributed by atoms with Crippen molar-refractivity contribution in [3.8, 4) is 23.1 Å². The number of rotatable bonds is 8. The van der Waals surface area contributed by atoms with Gasteiger partial charge in [0.05, 0.1) is 46.9 Å². The Morgan fingerprint density at radius 3 is 2.70 bits per heavy atom. The highest BCUT2D eigenvalue weighted by molar-refractivity contribution is 6.43. The molecule has 9 nitrogen and oxygen atoms in total. The number of benzene rings is 2. The minimum absolute atomic E-state index is 0.0553. The van der Waals surface area contributed by atoms with Gasteiger partial charge in [-0.2, -0.15) is 5.26 Å². The second kappa shape index (κ2) is 12.8. The number of fused-ring (bicyclic) bond motifs is 6. The van der Waals surface area contributed by atoms with Gasteiger partial charge in [-0.15, -0.1) is 0 Å². The minimum atomic E-state index is -0.468. The summed E-state index contributed by atoms with van der Waals surface area (Å²) < 4.78 is 25.3. The van der Waals surface area contributed by atoms with E-state index in [-0.39, 0.29) is 58.9 Å². The number of aromatic nitrogens is 3. The van der Waals surface area contributed by atoms with Crippen LogP contribution in [-0.4, -0.2) is 64.2 Å². The number of likely N-dealkylation sites (tertiary alicyclic amines) is 1. The van der Waals surface area contributed by atoms with Gasteiger partial charge in [0, 0.05) is 95.2 Å². The second-order valence-corrected chi connectivity index (χ2v) is 16.6. The van der Waals surface area contributed by atoms with Gasteiger partial charge in [-0.1, -0.05) is 35.3 Å². The quantitative estimate of drug-likeness (QED) is 0.170. The summed E-state index contributed by atoms with van der Waals surface area (Å²) in [5.74, 6) is 1.02. The number of ether oxygens (including phenoxy) is 1. The summed E-state index contributed by atoms with van der Waals surface area (Å²) in [5.41, 5.74) is 5.61. The number of amides is 1. The van der Waals surface area contributed by atoms with Crippen LogP contribution in [0.4, 0.5) is 10.1 Å². The Morgan fingerprint density at radius 1 is 1.11 bits per heavy atom. The van der Waals surface area contributed by atoms with E-state index in [9.17, 15) is 10.1 Å². The molecule has 4 saturated heterocycles. The Hall–Kier alpha value is -4.43. The third-order valence-corrected chi connectivity index (χ3v) is 13.6. The minimum Gasteiger partial charge on any atom is -0.481 e. The first kappa shape index (κ1) is 34.1. The van der Waals surface area contributed by atoms with Crippen molar-refractivity contribution < 1.29 is 13.9 Å². The van der Waals surface area contributed by atoms with Gasteiger partial charge >= 0.3 is 0 Å². The largest absolute Gasteiger partial charge is 0.481 e. The molecule has 3 aromatic heterocycles. The molecule has 12 heteroatoms. The Kier molecular flexibility index (Phi) is 8.10. The van der Waals surface area contributed by atoms with E-state index in [1.165, 1.54) is 0 Å². The Morgan fingerprint density at radius 2 is 1.96 bits per heavy atom. The maximum atomic E-state index is 17.3. The number of hydrogen-bond donors (Lipinski definition) is 1. The average Bonchev–Trinajstić information content (AvgIpc) is 3.46. The fourth-order valence-electron chi connectivity index (χ4n) is 10.2. The SMILES string of the molecule is COc1cc(N2C[C@@H]3C[C@H](C2)N(C(=O)C2CC2)[C@H]3c2cc3c(C)nc4c(F)c(-c5cccc(Cl)c5Cl)c(CCC#N)cc4c3n2[C@H]2[C@H]3CN[C@@H]2C3)ccn1. The molecule has 6 fully saturated rings. The van der Waals surface area contributed by atoms with Crippen molar-refractivity contribution in [3.63, 3.8) is 0 Å². The number of anilines is 1. The molecule has 11 rings (SSSR count). The summed E-state index contributed by atoms with van der Waals surface area (Å²) in [6, 6.07) is 16.1. The van der Waals surface area contributed by atoms with Crippen molar-refractivity contribution in [1.29, 1.82) is 5.26 Å². The molecule has 0 spiro atoms. The van der Waals surface area contributed by atoms with E-state index in [1.807, 2.05) is 25.1 Å². The van der Waals surface area contributed by atoms with Gasteiger partial charge in [0.25, 0.3) is 0 Å². The number of aryl methyl sites for hydroxylation is 2. The molecule has 6 aliphatic rings. The molecule has 4 aliphatic heterocycles. The van der Waals surface area contributed by atoms with Gasteiger partial charge in [-0.25, -0.2) is 14.4 Å². The van der Waals surface area contributed by atoms with E-state index >= 15 is 4.39 Å². The maximum Gasteiger partial charge on any atom is 0.226 e. The summed E-state index contributed by atoms with van der Waals surface area (Å²) >= 11 is 13.2. The summed E-state index contributed by atoms with van der Waals surface area (Å²) in [6.45, 7) is 4.40. The lowest BCUT2D eigenvalue weighted by Crippen LogP contribution is -2.45. The standard InChI is InChI=1S/C42H40Cl2FN7O2/c1-21-29-17-33(40-25-13-27(51(40)42(53)22-8-9-22)20-50(19-25)26-10-12-47-34(16-26)54-2)52(39-24-15-32(39)48-18-24)41(29)30-14-23(5-4-11-46)35(37(45)38(30)49-21)28-6-3-7-31(43)36(28)44/h3,6-7,10,12,14,16-17,22,24-25,27,32,39-40,48H,4-5,8-9,13,15,18-20H2,1-2H3/t24-,25+,27-,32-,39+,40-/m1/s1. The van der Waals surface area contributed by atoms with E-state index in [0.717, 1.165) is 73.3 Å². The van der Waals surface area contributed by atoms with Crippen LogP contribution in [0.25, 0.3) is 32.9 Å². The zero-order chi connectivity index (χ0) is 37.0. The first-order valence-electron chi connectivity index (χ1n) is 19.0. The molecule has 54 heavy (non-hydrogen) atoms. The van der Waals surface area contributed by atoms with Gasteiger partial charge in [0.15, 0.2) is 5.82 Å². The lowest BCUT2D eigenvalue weighted by molar-refractivity contribution is -0.135. The van der Waals surface area contributed by atoms with Crippen molar-refractivity contribution in [1.82, 2.24) is 24.8 Å². The zero-order valence-corrected chi connectivity index (χ0v) is 31.7. The number of carbonyl (C=O) groups excluding carboxylic acids is 1. The highest BCUT2D eigenvalue weighted by Crippen LogP contribution is 2.54. The van der Waals surface area contributed by atoms with Crippen molar-refractivity contribution in [2.75, 3.05) is 31.6 Å². The molecule has 7 heterocycles. The Bertz CT molecular complexity index is 2410. The van der Waals surface area contributed by atoms with Crippen molar-refractivity contribution in [2.24, 2.45) is 17.8 Å². The molecule has 2 saturated carbocycles. The predicted octanol–water partition coefficient (Wildman–Crippen LogP) is 8.19. The Balaban J connectivity index is 1.20. The summed E-state index contributed by atoms with van der Waals surface area (Å²) in [6.07, 6.45) is 6.21. The maximum absolute atomic E-state index is 17.3. The number of methoxy groups -OCH3 is 1. The highest BCUT2D eigenvalue weighted by Gasteiger charge is 2.55. The van der Waals surface area contributed by atoms with Crippen LogP contribution in [0.2, 0.25) is 10.0 Å². The fraction of sp³-hybridized carbons (Fsp3) is 0.429. The van der Waals surface area contributed by atoms with Crippen LogP contribution in [0.3, 0.4) is 0 Å². The van der Waals surface area contributed by atoms with Crippen molar-refractivity contribution in [3.05, 3.63) is 81.5 Å². The van der Waals surface area contributed by atoms with Crippen molar-refractivity contribution >= 4 is 56.6 Å². The molecular formula is C42H40Cl2FN7O2. The lowest BCUT2D eigenvalue weighted by Gasteiger charge is -2.40. The molecule has 0 unspecified atom stereocenters. The lowest BCUT2D eigenvalue weighted by atomic mass is 9.79. The van der Waals surface area contributed by atoms with Gasteiger partial charge in [0.1, 0.15) is 5.52 Å². The van der Waals surface area contributed by atoms with E-state index in [2.05, 4.69) is 36.8 Å². The molecule has 1 N–H and O–H groups in total. The van der Waals surface area contributed by atoms with Crippen LogP contribution in [0, 0.1) is 41.8 Å². The van der Waals surface area contributed by atoms with Crippen LogP contribution in [0.15, 0.2) is 48.7 Å².